The molecular formula is C18H21N3O2. The van der Waals surface area contributed by atoms with Gasteiger partial charge in [-0.2, -0.15) is 5.10 Å². The number of carbonyl (C=O) groups excluding carboxylic acids is 2. The second-order valence-corrected chi connectivity index (χ2v) is 6.88. The zero-order valence-electron chi connectivity index (χ0n) is 13.5. The molecule has 1 saturated carbocycles. The molecule has 120 valence electrons. The Kier molecular flexibility index (Phi) is 3.25. The molecule has 2 amide bonds. The van der Waals surface area contributed by atoms with Crippen molar-refractivity contribution in [1.82, 2.24) is 15.1 Å². The Hall–Kier alpha value is -2.17. The first-order chi connectivity index (χ1) is 11.1. The summed E-state index contributed by atoms with van der Waals surface area (Å²) in [5.41, 5.74) is 3.13. The van der Waals surface area contributed by atoms with Gasteiger partial charge in [0.1, 0.15) is 0 Å². The second-order valence-electron chi connectivity index (χ2n) is 6.88. The van der Waals surface area contributed by atoms with E-state index in [1.807, 2.05) is 12.1 Å². The van der Waals surface area contributed by atoms with Gasteiger partial charge in [0.15, 0.2) is 0 Å². The smallest absolute Gasteiger partial charge is 0.235 e. The molecule has 23 heavy (non-hydrogen) atoms. The highest BCUT2D eigenvalue weighted by Crippen LogP contribution is 2.42. The number of fused-ring (bicyclic) bond motifs is 1. The van der Waals surface area contributed by atoms with Crippen molar-refractivity contribution in [3.63, 3.8) is 0 Å². The van der Waals surface area contributed by atoms with Crippen molar-refractivity contribution in [1.29, 1.82) is 0 Å². The Morgan fingerprint density at radius 3 is 2.74 bits per heavy atom. The maximum atomic E-state index is 12.3. The fourth-order valence-electron chi connectivity index (χ4n) is 3.67. The van der Waals surface area contributed by atoms with Gasteiger partial charge in [-0.15, -0.1) is 0 Å². The van der Waals surface area contributed by atoms with Crippen LogP contribution >= 0.6 is 0 Å². The summed E-state index contributed by atoms with van der Waals surface area (Å²) in [5, 5.41) is 8.36. The molecule has 2 unspecified atom stereocenters. The summed E-state index contributed by atoms with van der Waals surface area (Å²) >= 11 is 0. The first kappa shape index (κ1) is 14.4. The van der Waals surface area contributed by atoms with Crippen molar-refractivity contribution in [3.8, 4) is 0 Å². The third-order valence-electron chi connectivity index (χ3n) is 5.22. The highest BCUT2D eigenvalue weighted by atomic mass is 16.2. The summed E-state index contributed by atoms with van der Waals surface area (Å²) in [6, 6.07) is 6.50. The zero-order valence-corrected chi connectivity index (χ0v) is 13.5. The van der Waals surface area contributed by atoms with Crippen LogP contribution in [0.25, 0.3) is 10.9 Å². The molecule has 1 saturated heterocycles. The van der Waals surface area contributed by atoms with E-state index in [1.165, 1.54) is 18.4 Å². The lowest BCUT2D eigenvalue weighted by atomic mass is 9.92. The molecule has 2 fully saturated rings. The molecule has 1 aliphatic carbocycles. The molecule has 2 heterocycles. The number of piperidine rings is 1. The Labute approximate surface area is 135 Å². The Bertz CT molecular complexity index is 804. The fourth-order valence-corrected chi connectivity index (χ4v) is 3.67. The van der Waals surface area contributed by atoms with Crippen molar-refractivity contribution in [2.45, 2.75) is 51.5 Å². The number of para-hydroxylation sites is 1. The van der Waals surface area contributed by atoms with Crippen LogP contribution in [-0.4, -0.2) is 21.6 Å². The number of rotatable bonds is 3. The van der Waals surface area contributed by atoms with E-state index in [-0.39, 0.29) is 17.7 Å². The molecule has 4 rings (SSSR count). The van der Waals surface area contributed by atoms with Crippen LogP contribution < -0.4 is 5.32 Å². The van der Waals surface area contributed by atoms with Gasteiger partial charge >= 0.3 is 0 Å². The van der Waals surface area contributed by atoms with Crippen LogP contribution in [0.4, 0.5) is 0 Å². The molecule has 2 aromatic rings. The predicted molar refractivity (Wildman–Crippen MR) is 87.0 cm³/mol. The quantitative estimate of drug-likeness (QED) is 0.887. The van der Waals surface area contributed by atoms with Crippen LogP contribution in [0.15, 0.2) is 18.2 Å². The number of imide groups is 1. The summed E-state index contributed by atoms with van der Waals surface area (Å²) in [6.45, 7) is 4.30. The number of hydrogen-bond acceptors (Lipinski definition) is 3. The van der Waals surface area contributed by atoms with Gasteiger partial charge in [-0.25, -0.2) is 0 Å². The summed E-state index contributed by atoms with van der Waals surface area (Å²) in [7, 11) is 0. The van der Waals surface area contributed by atoms with Gasteiger partial charge in [-0.3, -0.25) is 19.6 Å². The summed E-state index contributed by atoms with van der Waals surface area (Å²) in [6.07, 6.45) is 3.43. The molecule has 0 spiro atoms. The van der Waals surface area contributed by atoms with Crippen molar-refractivity contribution < 1.29 is 9.59 Å². The number of hydrogen-bond donors (Lipinski definition) is 1. The standard InChI is InChI=1S/C18H21N3O2/c1-10-4-3-5-13-16(14-8-9-15(22)19-18(14)23)20-21(17(10)13)11(2)12-6-7-12/h3-5,11-12,14H,6-9H2,1-2H3,(H,19,22,23). The topological polar surface area (TPSA) is 64.0 Å². The number of nitrogens with zero attached hydrogens (tertiary/aromatic N) is 2. The lowest BCUT2D eigenvalue weighted by molar-refractivity contribution is -0.134. The average molecular weight is 311 g/mol. The van der Waals surface area contributed by atoms with E-state index in [0.717, 1.165) is 16.6 Å². The molecule has 1 N–H and O–H groups in total. The third-order valence-corrected chi connectivity index (χ3v) is 5.22. The van der Waals surface area contributed by atoms with Gasteiger partial charge in [0.2, 0.25) is 11.8 Å². The van der Waals surface area contributed by atoms with Gasteiger partial charge in [0.05, 0.1) is 23.2 Å². The largest absolute Gasteiger partial charge is 0.296 e. The highest BCUT2D eigenvalue weighted by Gasteiger charge is 2.35. The number of aryl methyl sites for hydroxylation is 1. The van der Waals surface area contributed by atoms with E-state index in [9.17, 15) is 9.59 Å². The normalized spacial score (nSPS) is 23.1. The number of aromatic nitrogens is 2. The van der Waals surface area contributed by atoms with E-state index in [2.05, 4.69) is 29.9 Å². The summed E-state index contributed by atoms with van der Waals surface area (Å²) < 4.78 is 2.11. The average Bonchev–Trinajstić information content (AvgIpc) is 3.29. The van der Waals surface area contributed by atoms with Crippen molar-refractivity contribution in [2.24, 2.45) is 5.92 Å². The molecule has 2 atom stereocenters. The van der Waals surface area contributed by atoms with Gasteiger partial charge < -0.3 is 0 Å². The van der Waals surface area contributed by atoms with Crippen molar-refractivity contribution >= 4 is 22.7 Å². The molecule has 5 heteroatoms. The van der Waals surface area contributed by atoms with E-state index in [1.54, 1.807) is 0 Å². The Morgan fingerprint density at radius 1 is 1.26 bits per heavy atom. The summed E-state index contributed by atoms with van der Waals surface area (Å²) in [4.78, 5) is 23.7. The van der Waals surface area contributed by atoms with Crippen LogP contribution in [0.2, 0.25) is 0 Å². The molecule has 5 nitrogen and oxygen atoms in total. The van der Waals surface area contributed by atoms with Gasteiger partial charge in [0, 0.05) is 11.8 Å². The van der Waals surface area contributed by atoms with Crippen LogP contribution in [0.5, 0.6) is 0 Å². The monoisotopic (exact) mass is 311 g/mol. The van der Waals surface area contributed by atoms with E-state index in [0.29, 0.717) is 24.8 Å². The first-order valence-corrected chi connectivity index (χ1v) is 8.37. The second kappa shape index (κ2) is 5.18. The predicted octanol–water partition coefficient (Wildman–Crippen LogP) is 2.84. The minimum atomic E-state index is -0.329. The Morgan fingerprint density at radius 2 is 2.04 bits per heavy atom. The minimum absolute atomic E-state index is 0.183. The van der Waals surface area contributed by atoms with E-state index < -0.39 is 0 Å². The number of amides is 2. The van der Waals surface area contributed by atoms with Crippen LogP contribution in [0.3, 0.4) is 0 Å². The first-order valence-electron chi connectivity index (χ1n) is 8.37. The SMILES string of the molecule is Cc1cccc2c(C3CCC(=O)NC3=O)nn(C(C)C3CC3)c12. The summed E-state index contributed by atoms with van der Waals surface area (Å²) in [5.74, 6) is -0.0390. The van der Waals surface area contributed by atoms with Crippen molar-refractivity contribution in [3.05, 3.63) is 29.5 Å². The minimum Gasteiger partial charge on any atom is -0.296 e. The molecule has 2 aliphatic rings. The van der Waals surface area contributed by atoms with Crippen LogP contribution in [0.1, 0.15) is 55.8 Å². The van der Waals surface area contributed by atoms with Crippen LogP contribution in [0, 0.1) is 12.8 Å². The van der Waals surface area contributed by atoms with Gasteiger partial charge in [-0.05, 0) is 44.6 Å². The lowest BCUT2D eigenvalue weighted by Gasteiger charge is -2.19. The fraction of sp³-hybridized carbons (Fsp3) is 0.500. The maximum absolute atomic E-state index is 12.3. The molecule has 0 bridgehead atoms. The molecule has 1 aromatic carbocycles. The van der Waals surface area contributed by atoms with Gasteiger partial charge in [-0.1, -0.05) is 18.2 Å². The maximum Gasteiger partial charge on any atom is 0.235 e. The molecule has 1 aliphatic heterocycles. The number of nitrogens with one attached hydrogen (secondary N) is 1. The van der Waals surface area contributed by atoms with Gasteiger partial charge in [0.25, 0.3) is 0 Å². The molecule has 0 radical (unpaired) electrons. The third kappa shape index (κ3) is 2.35. The van der Waals surface area contributed by atoms with Crippen molar-refractivity contribution in [2.75, 3.05) is 0 Å². The number of benzene rings is 1. The van der Waals surface area contributed by atoms with E-state index in [4.69, 9.17) is 5.10 Å². The highest BCUT2D eigenvalue weighted by molar-refractivity contribution is 6.02. The number of carbonyl (C=O) groups is 2. The van der Waals surface area contributed by atoms with Crippen LogP contribution in [-0.2, 0) is 9.59 Å². The van der Waals surface area contributed by atoms with E-state index >= 15 is 0 Å². The Balaban J connectivity index is 1.85. The molecular weight excluding hydrogens is 290 g/mol. The lowest BCUT2D eigenvalue weighted by Crippen LogP contribution is -2.39. The zero-order chi connectivity index (χ0) is 16.1. The molecule has 1 aromatic heterocycles.